The lowest BCUT2D eigenvalue weighted by Gasteiger charge is -2.22. The molecule has 0 bridgehead atoms. The van der Waals surface area contributed by atoms with Crippen LogP contribution in [0.2, 0.25) is 0 Å². The summed E-state index contributed by atoms with van der Waals surface area (Å²) in [6.07, 6.45) is 7.81. The molecule has 1 heterocycles. The van der Waals surface area contributed by atoms with Gasteiger partial charge in [-0.3, -0.25) is 4.79 Å². The zero-order chi connectivity index (χ0) is 22.9. The highest BCUT2D eigenvalue weighted by atomic mass is 16.5. The van der Waals surface area contributed by atoms with Gasteiger partial charge in [-0.25, -0.2) is 9.97 Å². The largest absolute Gasteiger partial charge is 0.383 e. The van der Waals surface area contributed by atoms with Crippen molar-refractivity contribution in [2.45, 2.75) is 32.1 Å². The third-order valence-corrected chi connectivity index (χ3v) is 6.16. The van der Waals surface area contributed by atoms with Gasteiger partial charge in [-0.1, -0.05) is 73.9 Å². The molecular weight excluding hydrogens is 412 g/mol. The summed E-state index contributed by atoms with van der Waals surface area (Å²) in [4.78, 5) is 22.2. The Bertz CT molecular complexity index is 1030. The van der Waals surface area contributed by atoms with E-state index in [0.29, 0.717) is 42.8 Å². The highest BCUT2D eigenvalue weighted by molar-refractivity contribution is 5.99. The van der Waals surface area contributed by atoms with E-state index in [9.17, 15) is 4.79 Å². The SMILES string of the molecule is COCCNc1ncc(C(=O)NCC2CCCCC2)c(-c2ccc(-c3ccccc3)cc2)n1. The van der Waals surface area contributed by atoms with Gasteiger partial charge in [0.2, 0.25) is 5.95 Å². The summed E-state index contributed by atoms with van der Waals surface area (Å²) in [5.41, 5.74) is 4.28. The number of ether oxygens (including phenoxy) is 1. The van der Waals surface area contributed by atoms with Gasteiger partial charge >= 0.3 is 0 Å². The van der Waals surface area contributed by atoms with E-state index < -0.39 is 0 Å². The number of nitrogens with zero attached hydrogens (tertiary/aromatic N) is 2. The smallest absolute Gasteiger partial charge is 0.255 e. The number of nitrogens with one attached hydrogen (secondary N) is 2. The van der Waals surface area contributed by atoms with Gasteiger partial charge in [-0.05, 0) is 29.9 Å². The first-order valence-electron chi connectivity index (χ1n) is 11.8. The number of hydrogen-bond acceptors (Lipinski definition) is 5. The fourth-order valence-electron chi connectivity index (χ4n) is 4.29. The minimum absolute atomic E-state index is 0.119. The Morgan fingerprint density at radius 1 is 0.970 bits per heavy atom. The predicted molar refractivity (Wildman–Crippen MR) is 132 cm³/mol. The van der Waals surface area contributed by atoms with E-state index >= 15 is 0 Å². The Kier molecular flexibility index (Phi) is 8.04. The zero-order valence-electron chi connectivity index (χ0n) is 19.2. The highest BCUT2D eigenvalue weighted by Crippen LogP contribution is 2.27. The van der Waals surface area contributed by atoms with Crippen LogP contribution in [0.5, 0.6) is 0 Å². The topological polar surface area (TPSA) is 76.1 Å². The van der Waals surface area contributed by atoms with E-state index in [-0.39, 0.29) is 5.91 Å². The molecule has 0 saturated heterocycles. The lowest BCUT2D eigenvalue weighted by Crippen LogP contribution is -2.31. The summed E-state index contributed by atoms with van der Waals surface area (Å²) in [5, 5.41) is 6.29. The first-order valence-corrected chi connectivity index (χ1v) is 11.8. The van der Waals surface area contributed by atoms with Crippen molar-refractivity contribution < 1.29 is 9.53 Å². The maximum absolute atomic E-state index is 13.1. The molecule has 1 fully saturated rings. The molecule has 33 heavy (non-hydrogen) atoms. The monoisotopic (exact) mass is 444 g/mol. The summed E-state index contributed by atoms with van der Waals surface area (Å²) in [5.74, 6) is 0.927. The molecule has 4 rings (SSSR count). The second-order valence-electron chi connectivity index (χ2n) is 8.53. The Morgan fingerprint density at radius 3 is 2.39 bits per heavy atom. The lowest BCUT2D eigenvalue weighted by atomic mass is 9.89. The Labute approximate surface area is 195 Å². The standard InChI is InChI=1S/C27H32N4O2/c1-33-17-16-28-27-30-19-24(26(32)29-18-20-8-4-2-5-9-20)25(31-27)23-14-12-22(13-15-23)21-10-6-3-7-11-21/h3,6-7,10-15,19-20H,2,4-5,8-9,16-18H2,1H3,(H,29,32)(H,28,30,31). The minimum atomic E-state index is -0.119. The van der Waals surface area contributed by atoms with Gasteiger partial charge in [0.15, 0.2) is 0 Å². The minimum Gasteiger partial charge on any atom is -0.383 e. The number of anilines is 1. The van der Waals surface area contributed by atoms with Crippen molar-refractivity contribution in [3.8, 4) is 22.4 Å². The van der Waals surface area contributed by atoms with Crippen LogP contribution in [0.1, 0.15) is 42.5 Å². The number of hydrogen-bond donors (Lipinski definition) is 2. The average Bonchev–Trinajstić information content (AvgIpc) is 2.88. The lowest BCUT2D eigenvalue weighted by molar-refractivity contribution is 0.0943. The fraction of sp³-hybridized carbons (Fsp3) is 0.370. The second kappa shape index (κ2) is 11.6. The van der Waals surface area contributed by atoms with E-state index in [2.05, 4.69) is 39.9 Å². The number of carbonyl (C=O) groups excluding carboxylic acids is 1. The van der Waals surface area contributed by atoms with E-state index in [4.69, 9.17) is 9.72 Å². The van der Waals surface area contributed by atoms with Crippen molar-refractivity contribution >= 4 is 11.9 Å². The van der Waals surface area contributed by atoms with Crippen LogP contribution in [0.4, 0.5) is 5.95 Å². The van der Waals surface area contributed by atoms with E-state index in [1.54, 1.807) is 13.3 Å². The molecule has 1 aliphatic carbocycles. The summed E-state index contributed by atoms with van der Waals surface area (Å²) in [6.45, 7) is 1.85. The van der Waals surface area contributed by atoms with Crippen LogP contribution in [-0.2, 0) is 4.74 Å². The normalized spacial score (nSPS) is 14.1. The molecule has 1 saturated carbocycles. The maximum Gasteiger partial charge on any atom is 0.255 e. The van der Waals surface area contributed by atoms with Crippen LogP contribution in [-0.4, -0.2) is 42.7 Å². The van der Waals surface area contributed by atoms with E-state index in [1.165, 1.54) is 32.1 Å². The first kappa shape index (κ1) is 22.9. The molecule has 6 nitrogen and oxygen atoms in total. The molecule has 0 unspecified atom stereocenters. The predicted octanol–water partition coefficient (Wildman–Crippen LogP) is 5.18. The van der Waals surface area contributed by atoms with Gasteiger partial charge in [0, 0.05) is 32.0 Å². The highest BCUT2D eigenvalue weighted by Gasteiger charge is 2.19. The summed E-state index contributed by atoms with van der Waals surface area (Å²) >= 11 is 0. The summed E-state index contributed by atoms with van der Waals surface area (Å²) in [6, 6.07) is 18.4. The number of carbonyl (C=O) groups is 1. The number of methoxy groups -OCH3 is 1. The number of aromatic nitrogens is 2. The Balaban J connectivity index is 1.57. The molecule has 1 amide bonds. The van der Waals surface area contributed by atoms with Crippen molar-refractivity contribution in [2.24, 2.45) is 5.92 Å². The number of rotatable bonds is 9. The number of amides is 1. The van der Waals surface area contributed by atoms with Crippen LogP contribution in [0.3, 0.4) is 0 Å². The molecule has 0 aliphatic heterocycles. The molecule has 6 heteroatoms. The van der Waals surface area contributed by atoms with Crippen molar-refractivity contribution in [3.63, 3.8) is 0 Å². The van der Waals surface area contributed by atoms with Crippen LogP contribution in [0, 0.1) is 5.92 Å². The van der Waals surface area contributed by atoms with Gasteiger partial charge in [0.25, 0.3) is 5.91 Å². The van der Waals surface area contributed by atoms with Crippen molar-refractivity contribution in [3.05, 3.63) is 66.4 Å². The molecule has 0 atom stereocenters. The van der Waals surface area contributed by atoms with Crippen LogP contribution in [0.15, 0.2) is 60.8 Å². The quantitative estimate of drug-likeness (QED) is 0.445. The van der Waals surface area contributed by atoms with E-state index in [1.807, 2.05) is 30.3 Å². The zero-order valence-corrected chi connectivity index (χ0v) is 19.2. The van der Waals surface area contributed by atoms with Gasteiger partial charge in [-0.2, -0.15) is 0 Å². The van der Waals surface area contributed by atoms with E-state index in [0.717, 1.165) is 16.7 Å². The van der Waals surface area contributed by atoms with Crippen molar-refractivity contribution in [1.82, 2.24) is 15.3 Å². The molecule has 0 spiro atoms. The van der Waals surface area contributed by atoms with Crippen LogP contribution < -0.4 is 10.6 Å². The molecule has 2 aromatic carbocycles. The van der Waals surface area contributed by atoms with Crippen LogP contribution >= 0.6 is 0 Å². The first-order chi connectivity index (χ1) is 16.2. The molecule has 1 aliphatic rings. The summed E-state index contributed by atoms with van der Waals surface area (Å²) < 4.78 is 5.10. The molecule has 172 valence electrons. The average molecular weight is 445 g/mol. The third-order valence-electron chi connectivity index (χ3n) is 6.16. The maximum atomic E-state index is 13.1. The Hall–Kier alpha value is -3.25. The van der Waals surface area contributed by atoms with Crippen molar-refractivity contribution in [1.29, 1.82) is 0 Å². The van der Waals surface area contributed by atoms with Gasteiger partial charge in [-0.15, -0.1) is 0 Å². The molecule has 2 N–H and O–H groups in total. The Morgan fingerprint density at radius 2 is 1.67 bits per heavy atom. The van der Waals surface area contributed by atoms with Crippen LogP contribution in [0.25, 0.3) is 22.4 Å². The van der Waals surface area contributed by atoms with Crippen molar-refractivity contribution in [2.75, 3.05) is 32.1 Å². The fourth-order valence-corrected chi connectivity index (χ4v) is 4.29. The van der Waals surface area contributed by atoms with Gasteiger partial charge in [0.1, 0.15) is 0 Å². The molecule has 0 radical (unpaired) electrons. The molecule has 1 aromatic heterocycles. The third kappa shape index (κ3) is 6.17. The number of benzene rings is 2. The molecule has 3 aromatic rings. The van der Waals surface area contributed by atoms with Gasteiger partial charge < -0.3 is 15.4 Å². The molecular formula is C27H32N4O2. The summed E-state index contributed by atoms with van der Waals surface area (Å²) in [7, 11) is 1.65. The van der Waals surface area contributed by atoms with Gasteiger partial charge in [0.05, 0.1) is 17.9 Å². The second-order valence-corrected chi connectivity index (χ2v) is 8.53.